The van der Waals surface area contributed by atoms with Crippen LogP contribution in [0, 0.1) is 0 Å². The Bertz CT molecular complexity index is 480. The van der Waals surface area contributed by atoms with Crippen molar-refractivity contribution < 1.29 is 8.78 Å². The highest BCUT2D eigenvalue weighted by molar-refractivity contribution is 5.93. The third-order valence-corrected chi connectivity index (χ3v) is 2.44. The largest absolute Gasteiger partial charge is 0.376 e. The lowest BCUT2D eigenvalue weighted by Gasteiger charge is -2.15. The zero-order valence-corrected chi connectivity index (χ0v) is 8.82. The summed E-state index contributed by atoms with van der Waals surface area (Å²) in [4.78, 5) is 3.99. The van der Waals surface area contributed by atoms with Gasteiger partial charge in [0.15, 0.2) is 0 Å². The summed E-state index contributed by atoms with van der Waals surface area (Å²) in [5, 5.41) is 4.65. The number of nitrogens with one attached hydrogen (secondary N) is 1. The Morgan fingerprint density at radius 3 is 2.81 bits per heavy atom. The Morgan fingerprint density at radius 1 is 1.25 bits per heavy atom. The number of hydrogen-bond acceptors (Lipinski definition) is 2. The molecule has 0 fully saturated rings. The fourth-order valence-corrected chi connectivity index (χ4v) is 1.56. The molecule has 0 spiro atoms. The van der Waals surface area contributed by atoms with Crippen molar-refractivity contribution in [1.29, 1.82) is 0 Å². The Balaban J connectivity index is 2.37. The molecule has 1 aromatic heterocycles. The fraction of sp³-hybridized carbons (Fsp3) is 0.250. The van der Waals surface area contributed by atoms with Gasteiger partial charge in [-0.2, -0.15) is 0 Å². The van der Waals surface area contributed by atoms with Gasteiger partial charge in [0, 0.05) is 28.9 Å². The van der Waals surface area contributed by atoms with Crippen molar-refractivity contribution in [2.75, 3.05) is 5.32 Å². The third-order valence-electron chi connectivity index (χ3n) is 2.44. The number of hydrogen-bond donors (Lipinski definition) is 1. The highest BCUT2D eigenvalue weighted by atomic mass is 19.3. The molecule has 0 aliphatic heterocycles. The molecule has 0 radical (unpaired) electrons. The second kappa shape index (κ2) is 4.43. The van der Waals surface area contributed by atoms with E-state index in [9.17, 15) is 8.78 Å². The summed E-state index contributed by atoms with van der Waals surface area (Å²) in [5.41, 5.74) is 0.715. The standard InChI is InChI=1S/C12H12F2N2/c1-8(12(13)14)16-11-4-2-3-9-7-15-6-5-10(9)11/h2-8,12,16H,1H3. The summed E-state index contributed by atoms with van der Waals surface area (Å²) in [6.07, 6.45) is 0.991. The topological polar surface area (TPSA) is 24.9 Å². The molecular formula is C12H12F2N2. The molecule has 4 heteroatoms. The Kier molecular flexibility index (Phi) is 2.99. The molecule has 1 unspecified atom stereocenters. The second-order valence-electron chi connectivity index (χ2n) is 3.67. The highest BCUT2D eigenvalue weighted by Crippen LogP contribution is 2.23. The van der Waals surface area contributed by atoms with Crippen LogP contribution in [0.2, 0.25) is 0 Å². The van der Waals surface area contributed by atoms with Crippen molar-refractivity contribution in [3.8, 4) is 0 Å². The summed E-state index contributed by atoms with van der Waals surface area (Å²) in [6, 6.07) is 6.47. The van der Waals surface area contributed by atoms with Crippen LogP contribution in [0.1, 0.15) is 6.92 Å². The van der Waals surface area contributed by atoms with Crippen molar-refractivity contribution in [3.63, 3.8) is 0 Å². The van der Waals surface area contributed by atoms with E-state index < -0.39 is 12.5 Å². The quantitative estimate of drug-likeness (QED) is 0.861. The first-order valence-corrected chi connectivity index (χ1v) is 5.06. The number of fused-ring (bicyclic) bond motifs is 1. The van der Waals surface area contributed by atoms with Crippen LogP contribution in [0.5, 0.6) is 0 Å². The number of nitrogens with zero attached hydrogens (tertiary/aromatic N) is 1. The molecule has 0 amide bonds. The van der Waals surface area contributed by atoms with E-state index in [-0.39, 0.29) is 0 Å². The molecule has 84 valence electrons. The fourth-order valence-electron chi connectivity index (χ4n) is 1.56. The zero-order chi connectivity index (χ0) is 11.5. The Morgan fingerprint density at radius 2 is 2.06 bits per heavy atom. The minimum Gasteiger partial charge on any atom is -0.376 e. The number of aromatic nitrogens is 1. The van der Waals surface area contributed by atoms with Crippen molar-refractivity contribution >= 4 is 16.5 Å². The molecule has 1 atom stereocenters. The summed E-state index contributed by atoms with van der Waals surface area (Å²) < 4.78 is 24.9. The lowest BCUT2D eigenvalue weighted by molar-refractivity contribution is 0.131. The monoisotopic (exact) mass is 222 g/mol. The van der Waals surface area contributed by atoms with Gasteiger partial charge in [0.1, 0.15) is 0 Å². The molecule has 0 aliphatic carbocycles. The van der Waals surface area contributed by atoms with E-state index >= 15 is 0 Å². The zero-order valence-electron chi connectivity index (χ0n) is 8.82. The highest BCUT2D eigenvalue weighted by Gasteiger charge is 2.14. The molecule has 1 N–H and O–H groups in total. The van der Waals surface area contributed by atoms with E-state index in [0.717, 1.165) is 10.8 Å². The van der Waals surface area contributed by atoms with Gasteiger partial charge in [0.05, 0.1) is 6.04 Å². The second-order valence-corrected chi connectivity index (χ2v) is 3.67. The SMILES string of the molecule is CC(Nc1cccc2cnccc12)C(F)F. The first-order chi connectivity index (χ1) is 7.68. The van der Waals surface area contributed by atoms with Crippen LogP contribution in [0.15, 0.2) is 36.7 Å². The molecule has 1 aromatic carbocycles. The van der Waals surface area contributed by atoms with Gasteiger partial charge in [-0.1, -0.05) is 12.1 Å². The van der Waals surface area contributed by atoms with Gasteiger partial charge < -0.3 is 5.32 Å². The van der Waals surface area contributed by atoms with Crippen molar-refractivity contribution in [1.82, 2.24) is 4.98 Å². The molecule has 0 aliphatic rings. The van der Waals surface area contributed by atoms with E-state index in [2.05, 4.69) is 10.3 Å². The smallest absolute Gasteiger partial charge is 0.258 e. The summed E-state index contributed by atoms with van der Waals surface area (Å²) in [5.74, 6) is 0. The number of rotatable bonds is 3. The molecular weight excluding hydrogens is 210 g/mol. The van der Waals surface area contributed by atoms with E-state index in [0.29, 0.717) is 5.69 Å². The molecule has 2 nitrogen and oxygen atoms in total. The molecule has 16 heavy (non-hydrogen) atoms. The first-order valence-electron chi connectivity index (χ1n) is 5.06. The van der Waals surface area contributed by atoms with Gasteiger partial charge in [-0.05, 0) is 19.1 Å². The minimum absolute atomic E-state index is 0.715. The minimum atomic E-state index is -2.38. The van der Waals surface area contributed by atoms with Crippen molar-refractivity contribution in [2.45, 2.75) is 19.4 Å². The maximum absolute atomic E-state index is 12.4. The third kappa shape index (κ3) is 2.10. The van der Waals surface area contributed by atoms with Gasteiger partial charge in [-0.25, -0.2) is 8.78 Å². The average molecular weight is 222 g/mol. The summed E-state index contributed by atoms with van der Waals surface area (Å²) in [6.45, 7) is 1.46. The van der Waals surface area contributed by atoms with Gasteiger partial charge >= 0.3 is 0 Å². The van der Waals surface area contributed by atoms with Gasteiger partial charge in [0.25, 0.3) is 6.43 Å². The number of anilines is 1. The van der Waals surface area contributed by atoms with E-state index in [4.69, 9.17) is 0 Å². The van der Waals surface area contributed by atoms with Gasteiger partial charge in [0.2, 0.25) is 0 Å². The van der Waals surface area contributed by atoms with Crippen LogP contribution in [0.4, 0.5) is 14.5 Å². The lowest BCUT2D eigenvalue weighted by atomic mass is 10.1. The Hall–Kier alpha value is -1.71. The molecule has 1 heterocycles. The average Bonchev–Trinajstić information content (AvgIpc) is 2.29. The van der Waals surface area contributed by atoms with E-state index in [1.807, 2.05) is 18.2 Å². The molecule has 2 aromatic rings. The molecule has 0 bridgehead atoms. The predicted octanol–water partition coefficient (Wildman–Crippen LogP) is 3.30. The maximum Gasteiger partial charge on any atom is 0.258 e. The predicted molar refractivity (Wildman–Crippen MR) is 60.8 cm³/mol. The van der Waals surface area contributed by atoms with Crippen LogP contribution in [-0.4, -0.2) is 17.5 Å². The number of pyridine rings is 1. The van der Waals surface area contributed by atoms with Crippen LogP contribution >= 0.6 is 0 Å². The van der Waals surface area contributed by atoms with Crippen LogP contribution in [0.3, 0.4) is 0 Å². The van der Waals surface area contributed by atoms with Crippen molar-refractivity contribution in [2.24, 2.45) is 0 Å². The normalized spacial score (nSPS) is 13.0. The summed E-state index contributed by atoms with van der Waals surface area (Å²) >= 11 is 0. The summed E-state index contributed by atoms with van der Waals surface area (Å²) in [7, 11) is 0. The van der Waals surface area contributed by atoms with Gasteiger partial charge in [-0.3, -0.25) is 4.98 Å². The number of alkyl halides is 2. The van der Waals surface area contributed by atoms with Crippen LogP contribution < -0.4 is 5.32 Å². The molecule has 0 saturated heterocycles. The first kappa shape index (κ1) is 10.8. The lowest BCUT2D eigenvalue weighted by Crippen LogP contribution is -2.23. The van der Waals surface area contributed by atoms with Gasteiger partial charge in [-0.15, -0.1) is 0 Å². The van der Waals surface area contributed by atoms with Crippen molar-refractivity contribution in [3.05, 3.63) is 36.7 Å². The van der Waals surface area contributed by atoms with E-state index in [1.165, 1.54) is 6.92 Å². The Labute approximate surface area is 92.3 Å². The molecule has 2 rings (SSSR count). The number of halogens is 2. The maximum atomic E-state index is 12.4. The molecule has 0 saturated carbocycles. The van der Waals surface area contributed by atoms with E-state index in [1.54, 1.807) is 18.5 Å². The van der Waals surface area contributed by atoms with Crippen LogP contribution in [-0.2, 0) is 0 Å². The van der Waals surface area contributed by atoms with Crippen LogP contribution in [0.25, 0.3) is 10.8 Å². The number of benzene rings is 1.